The van der Waals surface area contributed by atoms with Crippen LogP contribution in [-0.4, -0.2) is 39.9 Å². The number of benzene rings is 1. The van der Waals surface area contributed by atoms with Crippen LogP contribution >= 0.6 is 11.6 Å². The van der Waals surface area contributed by atoms with Crippen molar-refractivity contribution in [1.29, 1.82) is 0 Å². The Morgan fingerprint density at radius 2 is 2.05 bits per heavy atom. The molecule has 22 heavy (non-hydrogen) atoms. The van der Waals surface area contributed by atoms with Gasteiger partial charge in [-0.15, -0.1) is 0 Å². The first kappa shape index (κ1) is 18.2. The van der Waals surface area contributed by atoms with Crippen LogP contribution < -0.4 is 14.5 Å². The molecule has 0 spiro atoms. The molecule has 0 radical (unpaired) electrons. The maximum absolute atomic E-state index is 11.9. The predicted octanol–water partition coefficient (Wildman–Crippen LogP) is 1.63. The third kappa shape index (κ3) is 5.19. The van der Waals surface area contributed by atoms with E-state index in [0.717, 1.165) is 10.6 Å². The first-order valence-corrected chi connectivity index (χ1v) is 8.48. The third-order valence-corrected chi connectivity index (χ3v) is 3.95. The number of methoxy groups -OCH3 is 1. The first-order valence-electron chi connectivity index (χ1n) is 6.26. The summed E-state index contributed by atoms with van der Waals surface area (Å²) >= 11 is 5.99. The maximum Gasteiger partial charge on any atom is 0.260 e. The van der Waals surface area contributed by atoms with Crippen LogP contribution in [0.15, 0.2) is 23.3 Å². The Balaban J connectivity index is 3.07. The number of nitrogens with one attached hydrogen (secondary N) is 1. The lowest BCUT2D eigenvalue weighted by Gasteiger charge is -2.22. The molecule has 0 fully saturated rings. The summed E-state index contributed by atoms with van der Waals surface area (Å²) in [5, 5.41) is 3.99. The number of hydrogen-bond acceptors (Lipinski definition) is 5. The van der Waals surface area contributed by atoms with E-state index in [1.165, 1.54) is 25.3 Å². The van der Waals surface area contributed by atoms with Crippen molar-refractivity contribution < 1.29 is 17.9 Å². The van der Waals surface area contributed by atoms with Crippen LogP contribution in [0.5, 0.6) is 5.75 Å². The summed E-state index contributed by atoms with van der Waals surface area (Å²) in [7, 11) is -2.21. The van der Waals surface area contributed by atoms with Gasteiger partial charge in [-0.2, -0.15) is 5.10 Å². The zero-order chi connectivity index (χ0) is 16.9. The number of hydrazone groups is 1. The molecule has 1 aromatic carbocycles. The highest BCUT2D eigenvalue weighted by atomic mass is 35.5. The Hall–Kier alpha value is -1.80. The summed E-state index contributed by atoms with van der Waals surface area (Å²) in [6.07, 6.45) is 1.01. The minimum absolute atomic E-state index is 0.247. The molecule has 9 heteroatoms. The van der Waals surface area contributed by atoms with Crippen LogP contribution in [0.1, 0.15) is 13.8 Å². The quantitative estimate of drug-likeness (QED) is 0.625. The number of amides is 1. The van der Waals surface area contributed by atoms with Crippen molar-refractivity contribution in [1.82, 2.24) is 5.43 Å². The summed E-state index contributed by atoms with van der Waals surface area (Å²) in [5.41, 5.74) is 3.19. The van der Waals surface area contributed by atoms with Crippen LogP contribution in [0.3, 0.4) is 0 Å². The van der Waals surface area contributed by atoms with E-state index in [-0.39, 0.29) is 10.7 Å². The van der Waals surface area contributed by atoms with Gasteiger partial charge in [0, 0.05) is 5.71 Å². The number of nitrogens with zero attached hydrogens (tertiary/aromatic N) is 2. The van der Waals surface area contributed by atoms with Gasteiger partial charge in [0.2, 0.25) is 10.0 Å². The molecule has 0 aliphatic heterocycles. The van der Waals surface area contributed by atoms with Gasteiger partial charge in [-0.05, 0) is 32.0 Å². The number of halogens is 1. The predicted molar refractivity (Wildman–Crippen MR) is 87.1 cm³/mol. The molecular weight excluding hydrogens is 330 g/mol. The van der Waals surface area contributed by atoms with Crippen molar-refractivity contribution in [3.8, 4) is 5.75 Å². The number of anilines is 1. The summed E-state index contributed by atoms with van der Waals surface area (Å²) in [4.78, 5) is 11.8. The number of hydrogen-bond donors (Lipinski definition) is 1. The molecule has 0 aliphatic carbocycles. The average molecular weight is 348 g/mol. The molecule has 1 rings (SSSR count). The normalized spacial score (nSPS) is 10.8. The fraction of sp³-hybridized carbons (Fsp3) is 0.385. The summed E-state index contributed by atoms with van der Waals surface area (Å²) < 4.78 is 29.8. The fourth-order valence-corrected chi connectivity index (χ4v) is 2.65. The number of sulfonamides is 1. The lowest BCUT2D eigenvalue weighted by atomic mass is 10.3. The van der Waals surface area contributed by atoms with E-state index in [1.54, 1.807) is 13.8 Å². The summed E-state index contributed by atoms with van der Waals surface area (Å²) in [6, 6.07) is 4.46. The van der Waals surface area contributed by atoms with Crippen molar-refractivity contribution in [3.05, 3.63) is 23.2 Å². The third-order valence-electron chi connectivity index (χ3n) is 2.52. The Morgan fingerprint density at radius 1 is 1.41 bits per heavy atom. The largest absolute Gasteiger partial charge is 0.495 e. The highest BCUT2D eigenvalue weighted by Crippen LogP contribution is 2.30. The smallest absolute Gasteiger partial charge is 0.260 e. The molecular formula is C13H18ClN3O4S. The van der Waals surface area contributed by atoms with Gasteiger partial charge in [-0.3, -0.25) is 9.10 Å². The second-order valence-corrected chi connectivity index (χ2v) is 7.00. The van der Waals surface area contributed by atoms with Gasteiger partial charge in [0.25, 0.3) is 5.91 Å². The zero-order valence-electron chi connectivity index (χ0n) is 12.8. The second-order valence-electron chi connectivity index (χ2n) is 4.68. The topological polar surface area (TPSA) is 88.1 Å². The van der Waals surface area contributed by atoms with Gasteiger partial charge in [-0.25, -0.2) is 13.8 Å². The van der Waals surface area contributed by atoms with E-state index in [2.05, 4.69) is 10.5 Å². The summed E-state index contributed by atoms with van der Waals surface area (Å²) in [5.74, 6) is -0.145. The Bertz CT molecular complexity index is 685. The van der Waals surface area contributed by atoms with Gasteiger partial charge in [-0.1, -0.05) is 11.6 Å². The minimum atomic E-state index is -3.66. The van der Waals surface area contributed by atoms with Gasteiger partial charge in [0.1, 0.15) is 12.3 Å². The highest BCUT2D eigenvalue weighted by Gasteiger charge is 2.21. The van der Waals surface area contributed by atoms with Crippen molar-refractivity contribution >= 4 is 38.9 Å². The molecule has 0 bridgehead atoms. The highest BCUT2D eigenvalue weighted by molar-refractivity contribution is 7.92. The van der Waals surface area contributed by atoms with E-state index in [0.29, 0.717) is 11.5 Å². The van der Waals surface area contributed by atoms with Crippen molar-refractivity contribution in [2.24, 2.45) is 5.10 Å². The molecule has 0 saturated heterocycles. The molecule has 0 saturated carbocycles. The Labute approximate surface area is 135 Å². The average Bonchev–Trinajstić information content (AvgIpc) is 2.41. The molecule has 7 nitrogen and oxygen atoms in total. The fourth-order valence-electron chi connectivity index (χ4n) is 1.55. The standard InChI is InChI=1S/C13H18ClN3O4S/c1-9(2)15-16-13(18)8-17(22(4,19)20)10-5-6-12(21-3)11(14)7-10/h5-7H,8H2,1-4H3,(H,16,18). The molecule has 1 N–H and O–H groups in total. The molecule has 0 heterocycles. The molecule has 1 aromatic rings. The first-order chi connectivity index (χ1) is 10.1. The van der Waals surface area contributed by atoms with Crippen LogP contribution in [0.25, 0.3) is 0 Å². The molecule has 0 atom stereocenters. The van der Waals surface area contributed by atoms with E-state index in [4.69, 9.17) is 16.3 Å². The molecule has 122 valence electrons. The number of ether oxygens (including phenoxy) is 1. The lowest BCUT2D eigenvalue weighted by molar-refractivity contribution is -0.119. The van der Waals surface area contributed by atoms with Crippen molar-refractivity contribution in [2.45, 2.75) is 13.8 Å². The zero-order valence-corrected chi connectivity index (χ0v) is 14.3. The molecule has 0 unspecified atom stereocenters. The lowest BCUT2D eigenvalue weighted by Crippen LogP contribution is -2.39. The number of carbonyl (C=O) groups excluding carboxylic acids is 1. The number of rotatable bonds is 6. The Kier molecular flexibility index (Phi) is 6.19. The van der Waals surface area contributed by atoms with E-state index >= 15 is 0 Å². The summed E-state index contributed by atoms with van der Waals surface area (Å²) in [6.45, 7) is 3.01. The van der Waals surface area contributed by atoms with Crippen molar-refractivity contribution in [2.75, 3.05) is 24.2 Å². The van der Waals surface area contributed by atoms with E-state index in [9.17, 15) is 13.2 Å². The monoisotopic (exact) mass is 347 g/mol. The van der Waals surface area contributed by atoms with Crippen LogP contribution in [-0.2, 0) is 14.8 Å². The maximum atomic E-state index is 11.9. The number of carbonyl (C=O) groups is 1. The van der Waals surface area contributed by atoms with E-state index in [1.807, 2.05) is 0 Å². The minimum Gasteiger partial charge on any atom is -0.495 e. The van der Waals surface area contributed by atoms with Crippen LogP contribution in [0, 0.1) is 0 Å². The second kappa shape index (κ2) is 7.46. The van der Waals surface area contributed by atoms with Gasteiger partial charge < -0.3 is 4.74 Å². The molecule has 1 amide bonds. The Morgan fingerprint density at radius 3 is 2.50 bits per heavy atom. The SMILES string of the molecule is COc1ccc(N(CC(=O)NN=C(C)C)S(C)(=O)=O)cc1Cl. The van der Waals surface area contributed by atoms with Gasteiger partial charge in [0.05, 0.1) is 24.1 Å². The van der Waals surface area contributed by atoms with Gasteiger partial charge in [0.15, 0.2) is 0 Å². The van der Waals surface area contributed by atoms with E-state index < -0.39 is 22.5 Å². The molecule has 0 aromatic heterocycles. The van der Waals surface area contributed by atoms with Crippen molar-refractivity contribution in [3.63, 3.8) is 0 Å². The molecule has 0 aliphatic rings. The van der Waals surface area contributed by atoms with Gasteiger partial charge >= 0.3 is 0 Å². The van der Waals surface area contributed by atoms with Crippen LogP contribution in [0.2, 0.25) is 5.02 Å². The van der Waals surface area contributed by atoms with Crippen LogP contribution in [0.4, 0.5) is 5.69 Å².